The molecule has 1 amide bonds. The van der Waals surface area contributed by atoms with Gasteiger partial charge in [0.1, 0.15) is 11.4 Å². The van der Waals surface area contributed by atoms with Crippen molar-refractivity contribution < 1.29 is 18.7 Å². The average Bonchev–Trinajstić information content (AvgIpc) is 2.93. The van der Waals surface area contributed by atoms with Gasteiger partial charge in [0.15, 0.2) is 12.0 Å². The Balaban J connectivity index is 1.76. The molecule has 0 saturated heterocycles. The van der Waals surface area contributed by atoms with E-state index in [0.717, 1.165) is 18.4 Å². The van der Waals surface area contributed by atoms with Crippen LogP contribution in [0.5, 0.6) is 0 Å². The molecule has 0 unspecified atom stereocenters. The molecule has 0 fully saturated rings. The quantitative estimate of drug-likeness (QED) is 0.772. The Bertz CT molecular complexity index is 785. The van der Waals surface area contributed by atoms with Gasteiger partial charge in [0.2, 0.25) is 0 Å². The highest BCUT2D eigenvalue weighted by Gasteiger charge is 2.24. The topological polar surface area (TPSA) is 59.8 Å². The second kappa shape index (κ2) is 6.75. The molecule has 5 heteroatoms. The Kier molecular flexibility index (Phi) is 4.66. The standard InChI is InChI=1S/C20H23NO4/c1-20(2,3)25-19(23)21-10-8-14-4-5-16(12-15(14)9-11-21)18-7-6-17(13-22)24-18/h4-7,12-13H,8-11H2,1-3H3. The van der Waals surface area contributed by atoms with Crippen LogP contribution in [0.4, 0.5) is 4.79 Å². The molecule has 0 aliphatic carbocycles. The first-order valence-electron chi connectivity index (χ1n) is 8.51. The smallest absolute Gasteiger partial charge is 0.410 e. The van der Waals surface area contributed by atoms with Crippen LogP contribution in [0.25, 0.3) is 11.3 Å². The molecule has 0 radical (unpaired) electrons. The summed E-state index contributed by atoms with van der Waals surface area (Å²) >= 11 is 0. The Hall–Kier alpha value is -2.56. The summed E-state index contributed by atoms with van der Waals surface area (Å²) in [6.45, 7) is 6.91. The number of ether oxygens (including phenoxy) is 1. The van der Waals surface area contributed by atoms with Crippen molar-refractivity contribution in [2.24, 2.45) is 0 Å². The zero-order chi connectivity index (χ0) is 18.0. The van der Waals surface area contributed by atoms with Crippen molar-refractivity contribution >= 4 is 12.4 Å². The molecule has 2 heterocycles. The molecule has 1 aliphatic heterocycles. The third-order valence-corrected chi connectivity index (χ3v) is 4.19. The van der Waals surface area contributed by atoms with Crippen molar-refractivity contribution in [2.75, 3.05) is 13.1 Å². The molecule has 0 bridgehead atoms. The number of aldehydes is 1. The molecule has 1 aromatic heterocycles. The summed E-state index contributed by atoms with van der Waals surface area (Å²) in [4.78, 5) is 24.8. The average molecular weight is 341 g/mol. The van der Waals surface area contributed by atoms with Crippen LogP contribution in [-0.4, -0.2) is 36.0 Å². The minimum Gasteiger partial charge on any atom is -0.453 e. The SMILES string of the molecule is CC(C)(C)OC(=O)N1CCc2ccc(-c3ccc(C=O)o3)cc2CC1. The van der Waals surface area contributed by atoms with Crippen molar-refractivity contribution in [2.45, 2.75) is 39.2 Å². The zero-order valence-electron chi connectivity index (χ0n) is 14.9. The number of hydrogen-bond acceptors (Lipinski definition) is 4. The summed E-state index contributed by atoms with van der Waals surface area (Å²) in [6, 6.07) is 9.62. The van der Waals surface area contributed by atoms with E-state index in [1.54, 1.807) is 17.0 Å². The minimum atomic E-state index is -0.487. The zero-order valence-corrected chi connectivity index (χ0v) is 14.9. The fourth-order valence-corrected chi connectivity index (χ4v) is 2.96. The monoisotopic (exact) mass is 341 g/mol. The molecule has 1 aromatic carbocycles. The molecule has 0 N–H and O–H groups in total. The second-order valence-electron chi connectivity index (χ2n) is 7.27. The molecule has 0 saturated carbocycles. The van der Waals surface area contributed by atoms with E-state index in [9.17, 15) is 9.59 Å². The first-order chi connectivity index (χ1) is 11.9. The van der Waals surface area contributed by atoms with Crippen LogP contribution in [0.3, 0.4) is 0 Å². The first-order valence-corrected chi connectivity index (χ1v) is 8.51. The summed E-state index contributed by atoms with van der Waals surface area (Å²) in [5.74, 6) is 0.999. The van der Waals surface area contributed by atoms with E-state index in [2.05, 4.69) is 12.1 Å². The van der Waals surface area contributed by atoms with Crippen LogP contribution in [-0.2, 0) is 17.6 Å². The Morgan fingerprint density at radius 2 is 1.84 bits per heavy atom. The van der Waals surface area contributed by atoms with Gasteiger partial charge in [-0.05, 0) is 62.9 Å². The van der Waals surface area contributed by atoms with Crippen LogP contribution in [0.1, 0.15) is 42.5 Å². The van der Waals surface area contributed by atoms with Gasteiger partial charge in [-0.1, -0.05) is 12.1 Å². The third kappa shape index (κ3) is 4.10. The van der Waals surface area contributed by atoms with E-state index < -0.39 is 5.60 Å². The molecular weight excluding hydrogens is 318 g/mol. The molecular formula is C20H23NO4. The second-order valence-corrected chi connectivity index (χ2v) is 7.27. The van der Waals surface area contributed by atoms with Crippen LogP contribution in [0.2, 0.25) is 0 Å². The fourth-order valence-electron chi connectivity index (χ4n) is 2.96. The summed E-state index contributed by atoms with van der Waals surface area (Å²) in [5, 5.41) is 0. The molecule has 0 atom stereocenters. The molecule has 1 aliphatic rings. The van der Waals surface area contributed by atoms with Gasteiger partial charge in [-0.3, -0.25) is 4.79 Å². The fraction of sp³-hybridized carbons (Fsp3) is 0.400. The number of hydrogen-bond donors (Lipinski definition) is 0. The number of benzene rings is 1. The maximum Gasteiger partial charge on any atom is 0.410 e. The van der Waals surface area contributed by atoms with E-state index in [1.165, 1.54) is 11.1 Å². The first kappa shape index (κ1) is 17.3. The highest BCUT2D eigenvalue weighted by atomic mass is 16.6. The number of carbonyl (C=O) groups is 2. The number of nitrogens with zero attached hydrogens (tertiary/aromatic N) is 1. The molecule has 0 spiro atoms. The van der Waals surface area contributed by atoms with Gasteiger partial charge in [-0.2, -0.15) is 0 Å². The van der Waals surface area contributed by atoms with Crippen LogP contribution in [0.15, 0.2) is 34.7 Å². The highest BCUT2D eigenvalue weighted by Crippen LogP contribution is 2.26. The summed E-state index contributed by atoms with van der Waals surface area (Å²) in [5.41, 5.74) is 2.89. The van der Waals surface area contributed by atoms with Crippen LogP contribution in [0, 0.1) is 0 Å². The van der Waals surface area contributed by atoms with Crippen LogP contribution >= 0.6 is 0 Å². The molecule has 25 heavy (non-hydrogen) atoms. The Morgan fingerprint density at radius 1 is 1.12 bits per heavy atom. The molecule has 132 valence electrons. The lowest BCUT2D eigenvalue weighted by molar-refractivity contribution is 0.0258. The lowest BCUT2D eigenvalue weighted by atomic mass is 9.99. The van der Waals surface area contributed by atoms with Gasteiger partial charge in [0.05, 0.1) is 0 Å². The predicted molar refractivity (Wildman–Crippen MR) is 94.7 cm³/mol. The minimum absolute atomic E-state index is 0.262. The summed E-state index contributed by atoms with van der Waals surface area (Å²) < 4.78 is 11.0. The summed E-state index contributed by atoms with van der Waals surface area (Å²) in [7, 11) is 0. The van der Waals surface area contributed by atoms with Gasteiger partial charge >= 0.3 is 6.09 Å². The van der Waals surface area contributed by atoms with E-state index in [0.29, 0.717) is 30.9 Å². The van der Waals surface area contributed by atoms with E-state index in [1.807, 2.05) is 26.8 Å². The maximum atomic E-state index is 12.3. The third-order valence-electron chi connectivity index (χ3n) is 4.19. The van der Waals surface area contributed by atoms with Crippen molar-refractivity contribution in [3.8, 4) is 11.3 Å². The Labute approximate surface area is 147 Å². The molecule has 3 rings (SSSR count). The normalized spacial score (nSPS) is 14.6. The van der Waals surface area contributed by atoms with Gasteiger partial charge in [-0.25, -0.2) is 4.79 Å². The number of amides is 1. The maximum absolute atomic E-state index is 12.3. The van der Waals surface area contributed by atoms with E-state index in [4.69, 9.17) is 9.15 Å². The van der Waals surface area contributed by atoms with E-state index in [-0.39, 0.29) is 6.09 Å². The molecule has 5 nitrogen and oxygen atoms in total. The Morgan fingerprint density at radius 3 is 2.48 bits per heavy atom. The lowest BCUT2D eigenvalue weighted by Gasteiger charge is -2.26. The van der Waals surface area contributed by atoms with Gasteiger partial charge in [-0.15, -0.1) is 0 Å². The number of furan rings is 1. The van der Waals surface area contributed by atoms with Gasteiger partial charge in [0, 0.05) is 18.7 Å². The summed E-state index contributed by atoms with van der Waals surface area (Å²) in [6.07, 6.45) is 2.00. The number of rotatable bonds is 2. The predicted octanol–water partition coefficient (Wildman–Crippen LogP) is 4.09. The van der Waals surface area contributed by atoms with Gasteiger partial charge in [0.25, 0.3) is 0 Å². The molecule has 2 aromatic rings. The van der Waals surface area contributed by atoms with Crippen molar-refractivity contribution in [1.82, 2.24) is 4.90 Å². The van der Waals surface area contributed by atoms with E-state index >= 15 is 0 Å². The number of fused-ring (bicyclic) bond motifs is 1. The number of carbonyl (C=O) groups excluding carboxylic acids is 2. The van der Waals surface area contributed by atoms with Crippen molar-refractivity contribution in [1.29, 1.82) is 0 Å². The van der Waals surface area contributed by atoms with Crippen LogP contribution < -0.4 is 0 Å². The van der Waals surface area contributed by atoms with Crippen molar-refractivity contribution in [3.63, 3.8) is 0 Å². The lowest BCUT2D eigenvalue weighted by Crippen LogP contribution is -2.38. The highest BCUT2D eigenvalue weighted by molar-refractivity contribution is 5.73. The van der Waals surface area contributed by atoms with Crippen molar-refractivity contribution in [3.05, 3.63) is 47.2 Å². The largest absolute Gasteiger partial charge is 0.453 e. The van der Waals surface area contributed by atoms with Gasteiger partial charge < -0.3 is 14.1 Å².